The van der Waals surface area contributed by atoms with Crippen molar-refractivity contribution in [3.63, 3.8) is 0 Å². The molecule has 2 aromatic rings. The fraction of sp³-hybridized carbons (Fsp3) is 0.333. The molecular weight excluding hydrogens is 330 g/mol. The Morgan fingerprint density at radius 3 is 2.72 bits per heavy atom. The molecule has 2 unspecified atom stereocenters. The van der Waals surface area contributed by atoms with E-state index in [1.807, 2.05) is 26.0 Å². The highest BCUT2D eigenvalue weighted by atomic mass is 79.9. The van der Waals surface area contributed by atoms with E-state index in [1.54, 1.807) is 23.1 Å². The van der Waals surface area contributed by atoms with Gasteiger partial charge >= 0.3 is 0 Å². The van der Waals surface area contributed by atoms with Crippen LogP contribution in [0, 0.1) is 6.92 Å². The summed E-state index contributed by atoms with van der Waals surface area (Å²) in [5, 5.41) is 9.36. The summed E-state index contributed by atoms with van der Waals surface area (Å²) >= 11 is 6.78. The minimum absolute atomic E-state index is 0.0495. The number of thioether (sulfide) groups is 1. The van der Waals surface area contributed by atoms with E-state index in [1.165, 1.54) is 5.56 Å². The highest BCUT2D eigenvalue weighted by molar-refractivity contribution is 9.10. The number of hydrogen-bond acceptors (Lipinski definition) is 5. The number of nitrogens with two attached hydrogens (primary N) is 1. The molecule has 1 aromatic heterocycles. The molecule has 0 bridgehead atoms. The molecule has 0 saturated heterocycles. The van der Waals surface area contributed by atoms with Crippen molar-refractivity contribution in [3.8, 4) is 0 Å². The summed E-state index contributed by atoms with van der Waals surface area (Å²) < 4.78 is 2.04. The van der Waals surface area contributed by atoms with Crippen LogP contribution in [0.1, 0.15) is 22.7 Å². The van der Waals surface area contributed by atoms with E-state index >= 15 is 0 Å². The summed E-state index contributed by atoms with van der Waals surface area (Å²) in [6, 6.07) is 8.30. The maximum absolute atomic E-state index is 6.09. The lowest BCUT2D eigenvalue weighted by atomic mass is 10.1. The Bertz CT molecular complexity index is 528. The van der Waals surface area contributed by atoms with Crippen LogP contribution in [-0.4, -0.2) is 16.2 Å². The lowest BCUT2D eigenvalue weighted by Crippen LogP contribution is -2.22. The van der Waals surface area contributed by atoms with Gasteiger partial charge < -0.3 is 5.73 Å². The molecule has 0 aliphatic rings. The quantitative estimate of drug-likeness (QED) is 0.858. The van der Waals surface area contributed by atoms with Crippen molar-refractivity contribution < 1.29 is 0 Å². The first kappa shape index (κ1) is 14.0. The topological polar surface area (TPSA) is 51.8 Å². The number of nitrogens with zero attached hydrogens (tertiary/aromatic N) is 2. The maximum atomic E-state index is 6.09. The molecule has 2 N–H and O–H groups in total. The van der Waals surface area contributed by atoms with Crippen LogP contribution < -0.4 is 5.73 Å². The minimum atomic E-state index is 0.0495. The molecule has 0 amide bonds. The van der Waals surface area contributed by atoms with Crippen molar-refractivity contribution in [3.05, 3.63) is 39.3 Å². The van der Waals surface area contributed by atoms with Crippen molar-refractivity contribution in [1.82, 2.24) is 10.2 Å². The summed E-state index contributed by atoms with van der Waals surface area (Å²) in [6.45, 7) is 3.98. The zero-order valence-electron chi connectivity index (χ0n) is 10.1. The second kappa shape index (κ2) is 6.14. The first-order chi connectivity index (χ1) is 8.56. The van der Waals surface area contributed by atoms with E-state index in [0.717, 1.165) is 13.8 Å². The van der Waals surface area contributed by atoms with Gasteiger partial charge in [-0.15, -0.1) is 10.2 Å². The number of benzene rings is 1. The van der Waals surface area contributed by atoms with Gasteiger partial charge in [0.1, 0.15) is 5.01 Å². The molecule has 18 heavy (non-hydrogen) atoms. The number of aryl methyl sites for hydroxylation is 1. The molecule has 2 rings (SSSR count). The maximum Gasteiger partial charge on any atom is 0.174 e. The molecule has 0 spiro atoms. The SMILES string of the molecule is Cc1nnc(SC(c2cccc(Br)c2)C(C)N)s1. The number of aromatic nitrogens is 2. The van der Waals surface area contributed by atoms with Gasteiger partial charge in [0.25, 0.3) is 0 Å². The van der Waals surface area contributed by atoms with Crippen LogP contribution in [0.4, 0.5) is 0 Å². The van der Waals surface area contributed by atoms with Crippen molar-refractivity contribution >= 4 is 39.0 Å². The second-order valence-electron chi connectivity index (χ2n) is 4.04. The van der Waals surface area contributed by atoms with Crippen LogP contribution in [0.3, 0.4) is 0 Å². The first-order valence-corrected chi connectivity index (χ1v) is 8.03. The van der Waals surface area contributed by atoms with Gasteiger partial charge in [-0.1, -0.05) is 51.2 Å². The fourth-order valence-electron chi connectivity index (χ4n) is 1.60. The monoisotopic (exact) mass is 343 g/mol. The standard InChI is InChI=1S/C12H14BrN3S2/c1-7(14)11(9-4-3-5-10(13)6-9)18-12-16-15-8(2)17-12/h3-7,11H,14H2,1-2H3. The molecular formula is C12H14BrN3S2. The molecule has 0 radical (unpaired) electrons. The molecule has 0 saturated carbocycles. The first-order valence-electron chi connectivity index (χ1n) is 5.54. The van der Waals surface area contributed by atoms with E-state index in [9.17, 15) is 0 Å². The molecule has 2 atom stereocenters. The fourth-order valence-corrected chi connectivity index (χ4v) is 4.10. The van der Waals surface area contributed by atoms with Crippen molar-refractivity contribution in [1.29, 1.82) is 0 Å². The Balaban J connectivity index is 2.23. The average molecular weight is 344 g/mol. The van der Waals surface area contributed by atoms with Gasteiger partial charge in [0.05, 0.1) is 5.25 Å². The second-order valence-corrected chi connectivity index (χ2v) is 7.53. The van der Waals surface area contributed by atoms with Gasteiger partial charge in [0.2, 0.25) is 0 Å². The molecule has 0 aliphatic heterocycles. The van der Waals surface area contributed by atoms with Crippen LogP contribution in [0.15, 0.2) is 33.1 Å². The van der Waals surface area contributed by atoms with Crippen molar-refractivity contribution in [2.75, 3.05) is 0 Å². The summed E-state index contributed by atoms with van der Waals surface area (Å²) in [7, 11) is 0. The Morgan fingerprint density at radius 1 is 1.39 bits per heavy atom. The van der Waals surface area contributed by atoms with Gasteiger partial charge in [0.15, 0.2) is 4.34 Å². The van der Waals surface area contributed by atoms with Gasteiger partial charge in [-0.2, -0.15) is 0 Å². The van der Waals surface area contributed by atoms with E-state index in [2.05, 4.69) is 38.3 Å². The lowest BCUT2D eigenvalue weighted by molar-refractivity contribution is 0.720. The van der Waals surface area contributed by atoms with E-state index in [0.29, 0.717) is 0 Å². The third-order valence-electron chi connectivity index (χ3n) is 2.39. The van der Waals surface area contributed by atoms with Crippen molar-refractivity contribution in [2.45, 2.75) is 29.5 Å². The predicted molar refractivity (Wildman–Crippen MR) is 81.0 cm³/mol. The Morgan fingerprint density at radius 2 is 2.17 bits per heavy atom. The largest absolute Gasteiger partial charge is 0.327 e. The number of hydrogen-bond donors (Lipinski definition) is 1. The summed E-state index contributed by atoms with van der Waals surface area (Å²) in [5.41, 5.74) is 7.30. The van der Waals surface area contributed by atoms with Crippen LogP contribution >= 0.6 is 39.0 Å². The van der Waals surface area contributed by atoms with Gasteiger partial charge in [0, 0.05) is 10.5 Å². The number of halogens is 1. The molecule has 1 aromatic carbocycles. The van der Waals surface area contributed by atoms with Crippen LogP contribution in [0.25, 0.3) is 0 Å². The Kier molecular flexibility index (Phi) is 4.77. The third-order valence-corrected chi connectivity index (χ3v) is 5.29. The zero-order chi connectivity index (χ0) is 13.1. The Hall–Kier alpha value is -0.430. The van der Waals surface area contributed by atoms with Gasteiger partial charge in [-0.3, -0.25) is 0 Å². The predicted octanol–water partition coefficient (Wildman–Crippen LogP) is 3.79. The highest BCUT2D eigenvalue weighted by Crippen LogP contribution is 2.38. The summed E-state index contributed by atoms with van der Waals surface area (Å²) in [6.07, 6.45) is 0. The number of rotatable bonds is 4. The molecule has 6 heteroatoms. The molecule has 0 fully saturated rings. The van der Waals surface area contributed by atoms with E-state index < -0.39 is 0 Å². The molecule has 96 valence electrons. The van der Waals surface area contributed by atoms with Crippen LogP contribution in [0.2, 0.25) is 0 Å². The molecule has 3 nitrogen and oxygen atoms in total. The van der Waals surface area contributed by atoms with Crippen LogP contribution in [-0.2, 0) is 0 Å². The minimum Gasteiger partial charge on any atom is -0.327 e. The summed E-state index contributed by atoms with van der Waals surface area (Å²) in [5.74, 6) is 0. The molecule has 1 heterocycles. The van der Waals surface area contributed by atoms with Gasteiger partial charge in [-0.05, 0) is 31.5 Å². The average Bonchev–Trinajstić information content (AvgIpc) is 2.71. The smallest absolute Gasteiger partial charge is 0.174 e. The zero-order valence-corrected chi connectivity index (χ0v) is 13.3. The Labute approximate surface area is 123 Å². The van der Waals surface area contributed by atoms with E-state index in [4.69, 9.17) is 5.73 Å². The van der Waals surface area contributed by atoms with Crippen molar-refractivity contribution in [2.24, 2.45) is 5.73 Å². The summed E-state index contributed by atoms with van der Waals surface area (Å²) in [4.78, 5) is 0. The highest BCUT2D eigenvalue weighted by Gasteiger charge is 2.19. The van der Waals surface area contributed by atoms with Gasteiger partial charge in [-0.25, -0.2) is 0 Å². The lowest BCUT2D eigenvalue weighted by Gasteiger charge is -2.19. The third kappa shape index (κ3) is 3.54. The molecule has 0 aliphatic carbocycles. The van der Waals surface area contributed by atoms with E-state index in [-0.39, 0.29) is 11.3 Å². The normalized spacial score (nSPS) is 14.4. The van der Waals surface area contributed by atoms with Crippen LogP contribution in [0.5, 0.6) is 0 Å².